The molecular formula is C21H25ClN2O2. The van der Waals surface area contributed by atoms with Crippen LogP contribution in [0.25, 0.3) is 11.0 Å². The fraction of sp³-hybridized carbons (Fsp3) is 0.286. The summed E-state index contributed by atoms with van der Waals surface area (Å²) in [7, 11) is 0. The lowest BCUT2D eigenvalue weighted by Gasteiger charge is -2.10. The van der Waals surface area contributed by atoms with Crippen molar-refractivity contribution in [2.45, 2.75) is 34.2 Å². The molecule has 0 atom stereocenters. The maximum absolute atomic E-state index is 12.8. The fourth-order valence-corrected chi connectivity index (χ4v) is 3.13. The second-order valence-corrected chi connectivity index (χ2v) is 6.35. The number of hydrogen-bond acceptors (Lipinski definition) is 3. The molecule has 1 amide bonds. The number of halogens is 1. The largest absolute Gasteiger partial charge is 0.450 e. The van der Waals surface area contributed by atoms with Gasteiger partial charge >= 0.3 is 0 Å². The molecule has 4 nitrogen and oxygen atoms in total. The van der Waals surface area contributed by atoms with Gasteiger partial charge in [0.2, 0.25) is 0 Å². The average Bonchev–Trinajstić information content (AvgIpc) is 2.96. The smallest absolute Gasteiger partial charge is 0.291 e. The van der Waals surface area contributed by atoms with Gasteiger partial charge in [0, 0.05) is 23.2 Å². The van der Waals surface area contributed by atoms with E-state index in [1.807, 2.05) is 51.1 Å². The molecule has 5 heteroatoms. The van der Waals surface area contributed by atoms with Crippen LogP contribution < -0.4 is 10.6 Å². The van der Waals surface area contributed by atoms with E-state index in [1.165, 1.54) is 0 Å². The van der Waals surface area contributed by atoms with Crippen LogP contribution in [-0.4, -0.2) is 12.5 Å². The summed E-state index contributed by atoms with van der Waals surface area (Å²) in [6.07, 6.45) is 0. The number of benzene rings is 2. The molecule has 3 rings (SSSR count). The summed E-state index contributed by atoms with van der Waals surface area (Å²) in [5.41, 5.74) is 5.70. The predicted octanol–water partition coefficient (Wildman–Crippen LogP) is 5.14. The Morgan fingerprint density at radius 1 is 1.04 bits per heavy atom. The van der Waals surface area contributed by atoms with Crippen LogP contribution in [0.2, 0.25) is 0 Å². The number of carbonyl (C=O) groups excluding carboxylic acids is 1. The second kappa shape index (κ2) is 8.39. The van der Waals surface area contributed by atoms with E-state index in [1.54, 1.807) is 0 Å². The third kappa shape index (κ3) is 3.76. The summed E-state index contributed by atoms with van der Waals surface area (Å²) >= 11 is 0. The van der Waals surface area contributed by atoms with Crippen LogP contribution in [0.3, 0.4) is 0 Å². The highest BCUT2D eigenvalue weighted by atomic mass is 35.5. The first-order chi connectivity index (χ1) is 12.0. The van der Waals surface area contributed by atoms with Crippen LogP contribution in [-0.2, 0) is 6.54 Å². The highest BCUT2D eigenvalue weighted by molar-refractivity contribution is 6.07. The van der Waals surface area contributed by atoms with Crippen molar-refractivity contribution in [1.82, 2.24) is 5.32 Å². The van der Waals surface area contributed by atoms with Crippen molar-refractivity contribution >= 4 is 35.0 Å². The van der Waals surface area contributed by atoms with Gasteiger partial charge in [-0.2, -0.15) is 0 Å². The minimum atomic E-state index is -0.212. The summed E-state index contributed by atoms with van der Waals surface area (Å²) in [4.78, 5) is 12.8. The Morgan fingerprint density at radius 2 is 1.73 bits per heavy atom. The summed E-state index contributed by atoms with van der Waals surface area (Å²) in [6.45, 7) is 9.63. The summed E-state index contributed by atoms with van der Waals surface area (Å²) in [6, 6.07) is 11.9. The van der Waals surface area contributed by atoms with Gasteiger partial charge in [0.05, 0.1) is 0 Å². The highest BCUT2D eigenvalue weighted by Gasteiger charge is 2.20. The Balaban J connectivity index is 0.00000243. The van der Waals surface area contributed by atoms with Gasteiger partial charge < -0.3 is 15.1 Å². The maximum atomic E-state index is 12.8. The number of amides is 1. The first-order valence-corrected chi connectivity index (χ1v) is 8.62. The molecule has 0 unspecified atom stereocenters. The molecule has 0 fully saturated rings. The number of aryl methyl sites for hydroxylation is 3. The molecule has 2 aromatic carbocycles. The van der Waals surface area contributed by atoms with Crippen molar-refractivity contribution < 1.29 is 9.21 Å². The van der Waals surface area contributed by atoms with E-state index in [-0.39, 0.29) is 18.3 Å². The molecule has 1 heterocycles. The maximum Gasteiger partial charge on any atom is 0.291 e. The summed E-state index contributed by atoms with van der Waals surface area (Å²) in [5.74, 6) is 0.169. The van der Waals surface area contributed by atoms with Crippen molar-refractivity contribution in [2.24, 2.45) is 0 Å². The van der Waals surface area contributed by atoms with E-state index in [0.717, 1.165) is 45.5 Å². The first-order valence-electron chi connectivity index (χ1n) is 8.62. The zero-order valence-electron chi connectivity index (χ0n) is 15.6. The lowest BCUT2D eigenvalue weighted by molar-refractivity contribution is 0.0998. The van der Waals surface area contributed by atoms with Crippen LogP contribution in [0.15, 0.2) is 40.8 Å². The molecule has 0 radical (unpaired) electrons. The Hall–Kier alpha value is -2.30. The molecule has 0 aliphatic carbocycles. The number of rotatable bonds is 5. The van der Waals surface area contributed by atoms with Crippen molar-refractivity contribution in [3.63, 3.8) is 0 Å². The van der Waals surface area contributed by atoms with E-state index in [0.29, 0.717) is 12.3 Å². The van der Waals surface area contributed by atoms with E-state index in [4.69, 9.17) is 4.42 Å². The molecule has 3 aromatic rings. The molecule has 2 N–H and O–H groups in total. The number of anilines is 1. The molecule has 0 spiro atoms. The molecular weight excluding hydrogens is 348 g/mol. The first kappa shape index (κ1) is 20.0. The zero-order chi connectivity index (χ0) is 18.0. The van der Waals surface area contributed by atoms with Crippen LogP contribution in [0.4, 0.5) is 5.69 Å². The van der Waals surface area contributed by atoms with Gasteiger partial charge in [-0.15, -0.1) is 12.4 Å². The Morgan fingerprint density at radius 3 is 2.42 bits per heavy atom. The fourth-order valence-electron chi connectivity index (χ4n) is 3.13. The molecule has 0 saturated carbocycles. The van der Waals surface area contributed by atoms with Crippen LogP contribution in [0.1, 0.15) is 39.7 Å². The number of carbonyl (C=O) groups is 1. The van der Waals surface area contributed by atoms with E-state index < -0.39 is 0 Å². The topological polar surface area (TPSA) is 54.3 Å². The van der Waals surface area contributed by atoms with Crippen LogP contribution >= 0.6 is 12.4 Å². The van der Waals surface area contributed by atoms with Gasteiger partial charge in [-0.1, -0.05) is 37.3 Å². The lowest BCUT2D eigenvalue weighted by atomic mass is 10.0. The highest BCUT2D eigenvalue weighted by Crippen LogP contribution is 2.31. The molecule has 0 bridgehead atoms. The van der Waals surface area contributed by atoms with Gasteiger partial charge in [0.1, 0.15) is 5.58 Å². The van der Waals surface area contributed by atoms with E-state index in [9.17, 15) is 4.79 Å². The van der Waals surface area contributed by atoms with Crippen molar-refractivity contribution in [3.05, 3.63) is 64.4 Å². The van der Waals surface area contributed by atoms with Crippen molar-refractivity contribution in [2.75, 3.05) is 11.9 Å². The minimum absolute atomic E-state index is 0. The predicted molar refractivity (Wildman–Crippen MR) is 109 cm³/mol. The number of para-hydroxylation sites is 1. The normalized spacial score (nSPS) is 10.6. The average molecular weight is 373 g/mol. The van der Waals surface area contributed by atoms with Gasteiger partial charge in [0.25, 0.3) is 5.91 Å². The number of hydrogen-bond donors (Lipinski definition) is 2. The number of furan rings is 1. The Labute approximate surface area is 160 Å². The van der Waals surface area contributed by atoms with E-state index in [2.05, 4.69) is 23.6 Å². The third-order valence-corrected chi connectivity index (χ3v) is 4.52. The summed E-state index contributed by atoms with van der Waals surface area (Å²) < 4.78 is 5.94. The third-order valence-electron chi connectivity index (χ3n) is 4.52. The zero-order valence-corrected chi connectivity index (χ0v) is 16.4. The molecule has 1 aromatic heterocycles. The van der Waals surface area contributed by atoms with Gasteiger partial charge in [-0.05, 0) is 50.1 Å². The van der Waals surface area contributed by atoms with Crippen molar-refractivity contribution in [3.8, 4) is 0 Å². The second-order valence-electron chi connectivity index (χ2n) is 6.35. The van der Waals surface area contributed by atoms with Crippen molar-refractivity contribution in [1.29, 1.82) is 0 Å². The van der Waals surface area contributed by atoms with E-state index >= 15 is 0 Å². The minimum Gasteiger partial charge on any atom is -0.450 e. The SMILES string of the molecule is CCNCc1ccccc1NC(=O)c1oc2c(C)ccc(C)c2c1C.Cl. The standard InChI is InChI=1S/C21H24N2O2.ClH/c1-5-22-12-16-8-6-7-9-17(16)23-21(24)20-15(4)18-13(2)10-11-14(3)19(18)25-20;/h6-11,22H,5,12H2,1-4H3,(H,23,24);1H. The van der Waals surface area contributed by atoms with Crippen LogP contribution in [0, 0.1) is 20.8 Å². The molecule has 26 heavy (non-hydrogen) atoms. The Kier molecular flexibility index (Phi) is 6.46. The quantitative estimate of drug-likeness (QED) is 0.651. The van der Waals surface area contributed by atoms with Crippen LogP contribution in [0.5, 0.6) is 0 Å². The van der Waals surface area contributed by atoms with Gasteiger partial charge in [0.15, 0.2) is 5.76 Å². The summed E-state index contributed by atoms with van der Waals surface area (Å²) in [5, 5.41) is 7.33. The lowest BCUT2D eigenvalue weighted by Crippen LogP contribution is -2.17. The monoisotopic (exact) mass is 372 g/mol. The molecule has 0 saturated heterocycles. The van der Waals surface area contributed by atoms with Gasteiger partial charge in [-0.25, -0.2) is 0 Å². The number of nitrogens with one attached hydrogen (secondary N) is 2. The Bertz CT molecular complexity index is 931. The molecule has 0 aliphatic rings. The number of fused-ring (bicyclic) bond motifs is 1. The molecule has 138 valence electrons. The van der Waals surface area contributed by atoms with Gasteiger partial charge in [-0.3, -0.25) is 4.79 Å². The molecule has 0 aliphatic heterocycles.